The average molecular weight is 246 g/mol. The number of benzene rings is 2. The minimum Gasteiger partial charge on any atom is -0.504 e. The molecule has 2 aromatic carbocycles. The molecule has 0 heterocycles. The van der Waals surface area contributed by atoms with Gasteiger partial charge < -0.3 is 19.7 Å². The van der Waals surface area contributed by atoms with Crippen LogP contribution in [0.5, 0.6) is 23.0 Å². The highest BCUT2D eigenvalue weighted by atomic mass is 16.7. The molecule has 0 saturated heterocycles. The Balaban J connectivity index is 2.04. The summed E-state index contributed by atoms with van der Waals surface area (Å²) in [4.78, 5) is 0. The van der Waals surface area contributed by atoms with Gasteiger partial charge in [0.05, 0.1) is 0 Å². The first-order chi connectivity index (χ1) is 8.66. The van der Waals surface area contributed by atoms with E-state index in [-0.39, 0.29) is 11.5 Å². The molecule has 0 aliphatic heterocycles. The topological polar surface area (TPSA) is 58.9 Å². The van der Waals surface area contributed by atoms with Crippen LogP contribution in [0.2, 0.25) is 0 Å². The van der Waals surface area contributed by atoms with E-state index in [1.807, 2.05) is 0 Å². The molecule has 2 rings (SSSR count). The van der Waals surface area contributed by atoms with Crippen LogP contribution in [0.1, 0.15) is 6.92 Å². The second kappa shape index (κ2) is 5.31. The molecule has 0 saturated carbocycles. The first kappa shape index (κ1) is 12.1. The Morgan fingerprint density at radius 3 is 1.56 bits per heavy atom. The van der Waals surface area contributed by atoms with Crippen LogP contribution in [-0.4, -0.2) is 16.5 Å². The van der Waals surface area contributed by atoms with Gasteiger partial charge in [0.1, 0.15) is 0 Å². The van der Waals surface area contributed by atoms with Gasteiger partial charge in [-0.15, -0.1) is 0 Å². The largest absolute Gasteiger partial charge is 0.504 e. The molecule has 2 aromatic rings. The van der Waals surface area contributed by atoms with E-state index in [1.165, 1.54) is 12.1 Å². The fourth-order valence-corrected chi connectivity index (χ4v) is 1.50. The molecule has 4 nitrogen and oxygen atoms in total. The SMILES string of the molecule is CC(Oc1ccccc1O)Oc1ccccc1O. The summed E-state index contributed by atoms with van der Waals surface area (Å²) >= 11 is 0. The lowest BCUT2D eigenvalue weighted by Crippen LogP contribution is -2.19. The summed E-state index contributed by atoms with van der Waals surface area (Å²) < 4.78 is 10.8. The van der Waals surface area contributed by atoms with Crippen molar-refractivity contribution < 1.29 is 19.7 Å². The number of hydrogen-bond donors (Lipinski definition) is 2. The zero-order valence-electron chi connectivity index (χ0n) is 9.91. The van der Waals surface area contributed by atoms with Crippen molar-refractivity contribution in [1.82, 2.24) is 0 Å². The second-order valence-electron chi connectivity index (χ2n) is 3.74. The molecule has 4 heteroatoms. The summed E-state index contributed by atoms with van der Waals surface area (Å²) in [5, 5.41) is 19.1. The van der Waals surface area contributed by atoms with E-state index < -0.39 is 6.29 Å². The van der Waals surface area contributed by atoms with Gasteiger partial charge in [-0.3, -0.25) is 0 Å². The van der Waals surface area contributed by atoms with Gasteiger partial charge in [-0.05, 0) is 24.3 Å². The van der Waals surface area contributed by atoms with Gasteiger partial charge in [0.15, 0.2) is 23.0 Å². The second-order valence-corrected chi connectivity index (χ2v) is 3.74. The molecule has 0 aliphatic rings. The Labute approximate surface area is 105 Å². The van der Waals surface area contributed by atoms with Crippen molar-refractivity contribution in [2.75, 3.05) is 0 Å². The molecule has 0 aromatic heterocycles. The number of rotatable bonds is 4. The lowest BCUT2D eigenvalue weighted by atomic mass is 10.3. The van der Waals surface area contributed by atoms with E-state index in [0.29, 0.717) is 11.5 Å². The molecular weight excluding hydrogens is 232 g/mol. The predicted molar refractivity (Wildman–Crippen MR) is 66.9 cm³/mol. The molecule has 0 spiro atoms. The molecule has 0 bridgehead atoms. The molecule has 0 atom stereocenters. The van der Waals surface area contributed by atoms with E-state index in [4.69, 9.17) is 9.47 Å². The Kier molecular flexibility index (Phi) is 3.57. The fraction of sp³-hybridized carbons (Fsp3) is 0.143. The third-order valence-corrected chi connectivity index (χ3v) is 2.32. The minimum atomic E-state index is -0.633. The van der Waals surface area contributed by atoms with Gasteiger partial charge in [0.2, 0.25) is 6.29 Å². The normalized spacial score (nSPS) is 10.3. The minimum absolute atomic E-state index is 0.0465. The predicted octanol–water partition coefficient (Wildman–Crippen LogP) is 2.90. The van der Waals surface area contributed by atoms with Crippen molar-refractivity contribution in [3.63, 3.8) is 0 Å². The standard InChI is InChI=1S/C14H14O4/c1-10(17-13-8-4-2-6-11(13)15)18-14-9-5-3-7-12(14)16/h2-10,15-16H,1H3. The van der Waals surface area contributed by atoms with Crippen LogP contribution in [-0.2, 0) is 0 Å². The number of para-hydroxylation sites is 4. The van der Waals surface area contributed by atoms with Crippen LogP contribution < -0.4 is 9.47 Å². The molecule has 0 radical (unpaired) electrons. The average Bonchev–Trinajstić information content (AvgIpc) is 2.35. The van der Waals surface area contributed by atoms with Gasteiger partial charge in [0, 0.05) is 6.92 Å². The highest BCUT2D eigenvalue weighted by Crippen LogP contribution is 2.28. The summed E-state index contributed by atoms with van der Waals surface area (Å²) in [5.41, 5.74) is 0. The van der Waals surface area contributed by atoms with Crippen molar-refractivity contribution >= 4 is 0 Å². The summed E-state index contributed by atoms with van der Waals surface area (Å²) in [5.74, 6) is 0.760. The number of hydrogen-bond acceptors (Lipinski definition) is 4. The summed E-state index contributed by atoms with van der Waals surface area (Å²) in [6.07, 6.45) is -0.633. The number of ether oxygens (including phenoxy) is 2. The Bertz CT molecular complexity index is 477. The zero-order valence-corrected chi connectivity index (χ0v) is 9.91. The van der Waals surface area contributed by atoms with Crippen LogP contribution in [0.3, 0.4) is 0 Å². The highest BCUT2D eigenvalue weighted by Gasteiger charge is 2.10. The monoisotopic (exact) mass is 246 g/mol. The Hall–Kier alpha value is -2.36. The van der Waals surface area contributed by atoms with Gasteiger partial charge in [-0.25, -0.2) is 0 Å². The third-order valence-electron chi connectivity index (χ3n) is 2.32. The van der Waals surface area contributed by atoms with E-state index >= 15 is 0 Å². The van der Waals surface area contributed by atoms with E-state index in [9.17, 15) is 10.2 Å². The van der Waals surface area contributed by atoms with Crippen molar-refractivity contribution in [2.45, 2.75) is 13.2 Å². The summed E-state index contributed by atoms with van der Waals surface area (Å²) in [6, 6.07) is 13.3. The van der Waals surface area contributed by atoms with Crippen molar-refractivity contribution in [1.29, 1.82) is 0 Å². The maximum Gasteiger partial charge on any atom is 0.238 e. The first-order valence-electron chi connectivity index (χ1n) is 5.56. The molecule has 0 aliphatic carbocycles. The maximum absolute atomic E-state index is 9.55. The molecule has 0 fully saturated rings. The van der Waals surface area contributed by atoms with Gasteiger partial charge in [-0.2, -0.15) is 0 Å². The number of aromatic hydroxyl groups is 2. The van der Waals surface area contributed by atoms with E-state index in [2.05, 4.69) is 0 Å². The first-order valence-corrected chi connectivity index (χ1v) is 5.56. The molecule has 18 heavy (non-hydrogen) atoms. The summed E-state index contributed by atoms with van der Waals surface area (Å²) in [6.45, 7) is 1.68. The zero-order chi connectivity index (χ0) is 13.0. The lowest BCUT2D eigenvalue weighted by molar-refractivity contribution is 0.0183. The Morgan fingerprint density at radius 1 is 0.778 bits per heavy atom. The Morgan fingerprint density at radius 2 is 1.17 bits per heavy atom. The molecule has 94 valence electrons. The van der Waals surface area contributed by atoms with Crippen molar-refractivity contribution in [3.05, 3.63) is 48.5 Å². The molecule has 0 unspecified atom stereocenters. The van der Waals surface area contributed by atoms with Crippen LogP contribution in [0, 0.1) is 0 Å². The number of phenols is 2. The number of phenolic OH excluding ortho intramolecular Hbond substituents is 2. The highest BCUT2D eigenvalue weighted by molar-refractivity contribution is 5.39. The smallest absolute Gasteiger partial charge is 0.238 e. The van der Waals surface area contributed by atoms with Gasteiger partial charge >= 0.3 is 0 Å². The van der Waals surface area contributed by atoms with Gasteiger partial charge in [-0.1, -0.05) is 24.3 Å². The molecule has 2 N–H and O–H groups in total. The quantitative estimate of drug-likeness (QED) is 0.814. The van der Waals surface area contributed by atoms with Crippen LogP contribution in [0.25, 0.3) is 0 Å². The van der Waals surface area contributed by atoms with E-state index in [1.54, 1.807) is 43.3 Å². The van der Waals surface area contributed by atoms with Crippen LogP contribution >= 0.6 is 0 Å². The molecular formula is C14H14O4. The van der Waals surface area contributed by atoms with Crippen LogP contribution in [0.4, 0.5) is 0 Å². The van der Waals surface area contributed by atoms with Gasteiger partial charge in [0.25, 0.3) is 0 Å². The van der Waals surface area contributed by atoms with Crippen LogP contribution in [0.15, 0.2) is 48.5 Å². The summed E-state index contributed by atoms with van der Waals surface area (Å²) in [7, 11) is 0. The third kappa shape index (κ3) is 2.85. The molecule has 0 amide bonds. The van der Waals surface area contributed by atoms with E-state index in [0.717, 1.165) is 0 Å². The van der Waals surface area contributed by atoms with Crippen molar-refractivity contribution in [3.8, 4) is 23.0 Å². The maximum atomic E-state index is 9.55. The fourth-order valence-electron chi connectivity index (χ4n) is 1.50. The lowest BCUT2D eigenvalue weighted by Gasteiger charge is -2.17. The van der Waals surface area contributed by atoms with Crippen molar-refractivity contribution in [2.24, 2.45) is 0 Å².